The monoisotopic (exact) mass is 377 g/mol. The molecule has 2 heterocycles. The fraction of sp³-hybridized carbons (Fsp3) is 0.438. The maximum absolute atomic E-state index is 12.5. The number of carbonyl (C=O) groups is 1. The van der Waals surface area contributed by atoms with Crippen LogP contribution in [0.5, 0.6) is 0 Å². The van der Waals surface area contributed by atoms with E-state index in [2.05, 4.69) is 36.6 Å². The lowest BCUT2D eigenvalue weighted by Gasteiger charge is -2.19. The minimum atomic E-state index is -0.170. The van der Waals surface area contributed by atoms with Gasteiger partial charge in [0.2, 0.25) is 5.95 Å². The summed E-state index contributed by atoms with van der Waals surface area (Å²) in [6.45, 7) is 3.89. The minimum absolute atomic E-state index is 0.170. The fourth-order valence-electron chi connectivity index (χ4n) is 2.79. The van der Waals surface area contributed by atoms with Gasteiger partial charge in [0.15, 0.2) is 5.82 Å². The molecule has 0 saturated carbocycles. The molecule has 0 atom stereocenters. The number of piperidine rings is 1. The molecule has 2 N–H and O–H groups in total. The summed E-state index contributed by atoms with van der Waals surface area (Å²) in [5.74, 6) is 1.50. The van der Waals surface area contributed by atoms with Crippen LogP contribution in [0.3, 0.4) is 0 Å². The van der Waals surface area contributed by atoms with Gasteiger partial charge in [-0.3, -0.25) is 10.1 Å². The molecule has 0 spiro atoms. The molecule has 3 rings (SSSR count). The van der Waals surface area contributed by atoms with Crippen molar-refractivity contribution in [1.29, 1.82) is 0 Å². The first-order chi connectivity index (χ1) is 11.1. The van der Waals surface area contributed by atoms with Crippen LogP contribution >= 0.6 is 15.9 Å². The van der Waals surface area contributed by atoms with Gasteiger partial charge >= 0.3 is 0 Å². The van der Waals surface area contributed by atoms with Gasteiger partial charge in [-0.1, -0.05) is 22.0 Å². The summed E-state index contributed by atoms with van der Waals surface area (Å²) in [5, 5.41) is 10.7. The quantitative estimate of drug-likeness (QED) is 0.862. The highest BCUT2D eigenvalue weighted by Gasteiger charge is 2.22. The van der Waals surface area contributed by atoms with E-state index < -0.39 is 0 Å². The summed E-state index contributed by atoms with van der Waals surface area (Å²) >= 11 is 3.45. The molecular weight excluding hydrogens is 358 g/mol. The predicted octanol–water partition coefficient (Wildman–Crippen LogP) is 2.61. The lowest BCUT2D eigenvalue weighted by Crippen LogP contribution is -2.27. The number of anilines is 1. The Balaban J connectivity index is 1.78. The standard InChI is InChI=1S/C16H20BrN5O/c1-10-12(4-3-5-13(10)17)15(23)20-16-19-14(21-22(16)2)11-6-8-18-9-7-11/h3-5,11,18H,6-9H2,1-2H3,(H,19,20,21,23). The maximum Gasteiger partial charge on any atom is 0.258 e. The van der Waals surface area contributed by atoms with Crippen LogP contribution < -0.4 is 10.6 Å². The zero-order valence-electron chi connectivity index (χ0n) is 13.3. The van der Waals surface area contributed by atoms with Crippen molar-refractivity contribution in [1.82, 2.24) is 20.1 Å². The summed E-state index contributed by atoms with van der Waals surface area (Å²) in [4.78, 5) is 17.0. The zero-order chi connectivity index (χ0) is 16.4. The van der Waals surface area contributed by atoms with Crippen molar-refractivity contribution in [3.05, 3.63) is 39.6 Å². The van der Waals surface area contributed by atoms with Gasteiger partial charge in [0.25, 0.3) is 5.91 Å². The van der Waals surface area contributed by atoms with Gasteiger partial charge in [0.1, 0.15) is 0 Å². The Kier molecular flexibility index (Phi) is 4.77. The van der Waals surface area contributed by atoms with Crippen LogP contribution in [0.25, 0.3) is 0 Å². The van der Waals surface area contributed by atoms with Crippen molar-refractivity contribution >= 4 is 27.8 Å². The van der Waals surface area contributed by atoms with Crippen LogP contribution in [-0.2, 0) is 7.05 Å². The molecule has 1 aliphatic heterocycles. The Hall–Kier alpha value is -1.73. The molecule has 1 saturated heterocycles. The Morgan fingerprint density at radius 2 is 2.13 bits per heavy atom. The Bertz CT molecular complexity index is 721. The highest BCUT2D eigenvalue weighted by atomic mass is 79.9. The van der Waals surface area contributed by atoms with E-state index in [1.54, 1.807) is 17.8 Å². The van der Waals surface area contributed by atoms with E-state index in [0.717, 1.165) is 41.8 Å². The molecular formula is C16H20BrN5O. The van der Waals surface area contributed by atoms with Gasteiger partial charge in [-0.15, -0.1) is 0 Å². The molecule has 1 aromatic heterocycles. The second-order valence-electron chi connectivity index (χ2n) is 5.81. The normalized spacial score (nSPS) is 15.6. The largest absolute Gasteiger partial charge is 0.317 e. The molecule has 6 nitrogen and oxygen atoms in total. The number of nitrogens with zero attached hydrogens (tertiary/aromatic N) is 3. The molecule has 0 unspecified atom stereocenters. The van der Waals surface area contributed by atoms with E-state index >= 15 is 0 Å². The average Bonchev–Trinajstić information content (AvgIpc) is 2.92. The third kappa shape index (κ3) is 3.45. The Morgan fingerprint density at radius 3 is 2.87 bits per heavy atom. The van der Waals surface area contributed by atoms with Gasteiger partial charge in [-0.05, 0) is 50.6 Å². The number of hydrogen-bond donors (Lipinski definition) is 2. The number of aryl methyl sites for hydroxylation is 1. The highest BCUT2D eigenvalue weighted by molar-refractivity contribution is 9.10. The first kappa shape index (κ1) is 16.1. The minimum Gasteiger partial charge on any atom is -0.317 e. The van der Waals surface area contributed by atoms with Gasteiger partial charge in [0, 0.05) is 23.0 Å². The van der Waals surface area contributed by atoms with E-state index in [4.69, 9.17) is 0 Å². The Morgan fingerprint density at radius 1 is 1.39 bits per heavy atom. The summed E-state index contributed by atoms with van der Waals surface area (Å²) < 4.78 is 2.56. The lowest BCUT2D eigenvalue weighted by atomic mass is 9.98. The van der Waals surface area contributed by atoms with Crippen LogP contribution in [0.4, 0.5) is 5.95 Å². The van der Waals surface area contributed by atoms with E-state index in [1.165, 1.54) is 0 Å². The number of benzene rings is 1. The molecule has 0 bridgehead atoms. The van der Waals surface area contributed by atoms with Crippen molar-refractivity contribution in [3.8, 4) is 0 Å². The number of aromatic nitrogens is 3. The molecule has 1 fully saturated rings. The molecule has 1 amide bonds. The highest BCUT2D eigenvalue weighted by Crippen LogP contribution is 2.24. The van der Waals surface area contributed by atoms with Crippen molar-refractivity contribution in [2.75, 3.05) is 18.4 Å². The van der Waals surface area contributed by atoms with Gasteiger partial charge in [-0.2, -0.15) is 10.1 Å². The summed E-state index contributed by atoms with van der Waals surface area (Å²) in [6.07, 6.45) is 2.06. The van der Waals surface area contributed by atoms with E-state index in [-0.39, 0.29) is 5.91 Å². The second kappa shape index (κ2) is 6.80. The third-order valence-electron chi connectivity index (χ3n) is 4.22. The van der Waals surface area contributed by atoms with Crippen molar-refractivity contribution in [2.45, 2.75) is 25.7 Å². The molecule has 0 aliphatic carbocycles. The topological polar surface area (TPSA) is 71.8 Å². The number of amides is 1. The van der Waals surface area contributed by atoms with Gasteiger partial charge in [0.05, 0.1) is 0 Å². The van der Waals surface area contributed by atoms with Crippen molar-refractivity contribution in [3.63, 3.8) is 0 Å². The number of halogens is 1. The fourth-order valence-corrected chi connectivity index (χ4v) is 3.15. The first-order valence-electron chi connectivity index (χ1n) is 7.74. The van der Waals surface area contributed by atoms with Gasteiger partial charge < -0.3 is 5.32 Å². The third-order valence-corrected chi connectivity index (χ3v) is 5.08. The molecule has 7 heteroatoms. The summed E-state index contributed by atoms with van der Waals surface area (Å²) in [5.41, 5.74) is 1.54. The SMILES string of the molecule is Cc1c(Br)cccc1C(=O)Nc1nc(C2CCNCC2)nn1C. The van der Waals surface area contributed by atoms with Crippen LogP contribution in [0.15, 0.2) is 22.7 Å². The van der Waals surface area contributed by atoms with E-state index in [0.29, 0.717) is 17.4 Å². The molecule has 0 radical (unpaired) electrons. The van der Waals surface area contributed by atoms with Crippen LogP contribution in [0, 0.1) is 6.92 Å². The average molecular weight is 378 g/mol. The summed E-state index contributed by atoms with van der Waals surface area (Å²) in [6, 6.07) is 5.58. The lowest BCUT2D eigenvalue weighted by molar-refractivity contribution is 0.102. The second-order valence-corrected chi connectivity index (χ2v) is 6.66. The predicted molar refractivity (Wildman–Crippen MR) is 92.7 cm³/mol. The van der Waals surface area contributed by atoms with Crippen LogP contribution in [0.2, 0.25) is 0 Å². The molecule has 23 heavy (non-hydrogen) atoms. The number of hydrogen-bond acceptors (Lipinski definition) is 4. The number of rotatable bonds is 3. The molecule has 2 aromatic rings. The first-order valence-corrected chi connectivity index (χ1v) is 8.53. The van der Waals surface area contributed by atoms with Crippen molar-refractivity contribution < 1.29 is 4.79 Å². The maximum atomic E-state index is 12.5. The molecule has 1 aromatic carbocycles. The van der Waals surface area contributed by atoms with E-state index in [1.807, 2.05) is 19.1 Å². The Labute approximate surface area is 143 Å². The van der Waals surface area contributed by atoms with Crippen LogP contribution in [-0.4, -0.2) is 33.8 Å². The van der Waals surface area contributed by atoms with Crippen LogP contribution in [0.1, 0.15) is 40.5 Å². The van der Waals surface area contributed by atoms with E-state index in [9.17, 15) is 4.79 Å². The zero-order valence-corrected chi connectivity index (χ0v) is 14.9. The smallest absolute Gasteiger partial charge is 0.258 e. The van der Waals surface area contributed by atoms with Crippen molar-refractivity contribution in [2.24, 2.45) is 7.05 Å². The molecule has 122 valence electrons. The number of carbonyl (C=O) groups excluding carboxylic acids is 1. The molecule has 1 aliphatic rings. The number of nitrogens with one attached hydrogen (secondary N) is 2. The van der Waals surface area contributed by atoms with Gasteiger partial charge in [-0.25, -0.2) is 4.68 Å². The summed E-state index contributed by atoms with van der Waals surface area (Å²) in [7, 11) is 1.81.